The van der Waals surface area contributed by atoms with Crippen molar-refractivity contribution in [1.29, 1.82) is 0 Å². The Morgan fingerprint density at radius 2 is 1.45 bits per heavy atom. The smallest absolute Gasteiger partial charge is 0.264 e. The lowest BCUT2D eigenvalue weighted by molar-refractivity contribution is -0.139. The van der Waals surface area contributed by atoms with E-state index in [2.05, 4.69) is 5.32 Å². The van der Waals surface area contributed by atoms with E-state index in [0.717, 1.165) is 21.0 Å². The van der Waals surface area contributed by atoms with E-state index in [1.54, 1.807) is 50.2 Å². The van der Waals surface area contributed by atoms with Gasteiger partial charge in [-0.25, -0.2) is 8.42 Å². The number of rotatable bonds is 11. The Morgan fingerprint density at radius 1 is 0.895 bits per heavy atom. The summed E-state index contributed by atoms with van der Waals surface area (Å²) in [6.07, 6.45) is 0. The second-order valence-corrected chi connectivity index (χ2v) is 11.0. The molecule has 0 heterocycles. The number of carbonyl (C=O) groups excluding carboxylic acids is 2. The van der Waals surface area contributed by atoms with Gasteiger partial charge in [0.25, 0.3) is 10.0 Å². The summed E-state index contributed by atoms with van der Waals surface area (Å²) in [6.45, 7) is 7.40. The summed E-state index contributed by atoms with van der Waals surface area (Å²) in [6, 6.07) is 19.8. The van der Waals surface area contributed by atoms with Gasteiger partial charge in [-0.2, -0.15) is 0 Å². The molecule has 0 aromatic heterocycles. The van der Waals surface area contributed by atoms with Crippen LogP contribution in [0.4, 0.5) is 5.69 Å². The normalized spacial score (nSPS) is 11.9. The Kier molecular flexibility index (Phi) is 9.52. The third-order valence-electron chi connectivity index (χ3n) is 6.24. The zero-order chi connectivity index (χ0) is 27.9. The van der Waals surface area contributed by atoms with Crippen LogP contribution in [0.25, 0.3) is 0 Å². The largest absolute Gasteiger partial charge is 0.497 e. The van der Waals surface area contributed by atoms with Crippen LogP contribution >= 0.6 is 0 Å². The van der Waals surface area contributed by atoms with Crippen LogP contribution in [0.15, 0.2) is 77.7 Å². The monoisotopic (exact) mass is 537 g/mol. The van der Waals surface area contributed by atoms with E-state index in [-0.39, 0.29) is 17.3 Å². The second-order valence-electron chi connectivity index (χ2n) is 9.10. The highest BCUT2D eigenvalue weighted by atomic mass is 32.2. The van der Waals surface area contributed by atoms with Gasteiger partial charge in [-0.15, -0.1) is 0 Å². The van der Waals surface area contributed by atoms with Crippen molar-refractivity contribution in [2.45, 2.75) is 45.2 Å². The molecule has 0 aliphatic rings. The maximum atomic E-state index is 13.8. The third kappa shape index (κ3) is 6.92. The fourth-order valence-electron chi connectivity index (χ4n) is 3.91. The molecule has 0 saturated carbocycles. The highest BCUT2D eigenvalue weighted by Crippen LogP contribution is 2.26. The Labute approximate surface area is 225 Å². The number of amides is 2. The average molecular weight is 538 g/mol. The molecule has 1 N–H and O–H groups in total. The van der Waals surface area contributed by atoms with E-state index in [0.29, 0.717) is 18.0 Å². The Hall–Kier alpha value is -3.85. The molecule has 38 heavy (non-hydrogen) atoms. The van der Waals surface area contributed by atoms with Gasteiger partial charge < -0.3 is 15.0 Å². The van der Waals surface area contributed by atoms with Gasteiger partial charge in [0.15, 0.2) is 0 Å². The lowest BCUT2D eigenvalue weighted by Crippen LogP contribution is -2.51. The van der Waals surface area contributed by atoms with E-state index in [4.69, 9.17) is 4.74 Å². The highest BCUT2D eigenvalue weighted by molar-refractivity contribution is 7.92. The van der Waals surface area contributed by atoms with Gasteiger partial charge in [-0.3, -0.25) is 13.9 Å². The standard InChI is InChI=1S/C29H35N3O5S/c1-6-30-29(34)23(4)31(19-24-11-7-21(2)8-12-24)28(33)20-32(25-13-9-22(3)10-14-25)38(35,36)27-17-15-26(37-5)16-18-27/h7-18,23H,6,19-20H2,1-5H3,(H,30,34). The summed E-state index contributed by atoms with van der Waals surface area (Å²) < 4.78 is 33.9. The number of anilines is 1. The first-order chi connectivity index (χ1) is 18.1. The summed E-state index contributed by atoms with van der Waals surface area (Å²) in [5.74, 6) is -0.295. The van der Waals surface area contributed by atoms with E-state index in [1.807, 2.05) is 38.1 Å². The number of methoxy groups -OCH3 is 1. The molecule has 2 amide bonds. The maximum Gasteiger partial charge on any atom is 0.264 e. The predicted molar refractivity (Wildman–Crippen MR) is 149 cm³/mol. The molecule has 1 unspecified atom stereocenters. The summed E-state index contributed by atoms with van der Waals surface area (Å²) in [5.41, 5.74) is 3.20. The Bertz CT molecular complexity index is 1340. The van der Waals surface area contributed by atoms with Crippen molar-refractivity contribution < 1.29 is 22.7 Å². The van der Waals surface area contributed by atoms with Crippen LogP contribution in [0.1, 0.15) is 30.5 Å². The summed E-state index contributed by atoms with van der Waals surface area (Å²) in [7, 11) is -2.63. The van der Waals surface area contributed by atoms with Crippen molar-refractivity contribution >= 4 is 27.5 Å². The van der Waals surface area contributed by atoms with E-state index in [1.165, 1.54) is 24.1 Å². The van der Waals surface area contributed by atoms with Crippen LogP contribution in [-0.2, 0) is 26.2 Å². The number of likely N-dealkylation sites (N-methyl/N-ethyl adjacent to an activating group) is 1. The number of hydrogen-bond donors (Lipinski definition) is 1. The summed E-state index contributed by atoms with van der Waals surface area (Å²) >= 11 is 0. The zero-order valence-corrected chi connectivity index (χ0v) is 23.3. The minimum atomic E-state index is -4.13. The molecule has 0 aliphatic heterocycles. The van der Waals surface area contributed by atoms with E-state index in [9.17, 15) is 18.0 Å². The number of ether oxygens (including phenoxy) is 1. The first-order valence-electron chi connectivity index (χ1n) is 12.4. The van der Waals surface area contributed by atoms with Gasteiger partial charge in [-0.1, -0.05) is 47.5 Å². The first kappa shape index (κ1) is 28.7. The topological polar surface area (TPSA) is 96.0 Å². The van der Waals surface area contributed by atoms with Gasteiger partial charge in [0.05, 0.1) is 17.7 Å². The lowest BCUT2D eigenvalue weighted by Gasteiger charge is -2.32. The van der Waals surface area contributed by atoms with Crippen LogP contribution in [0.3, 0.4) is 0 Å². The third-order valence-corrected chi connectivity index (χ3v) is 8.03. The molecular weight excluding hydrogens is 502 g/mol. The number of nitrogens with one attached hydrogen (secondary N) is 1. The van der Waals surface area contributed by atoms with Crippen LogP contribution < -0.4 is 14.4 Å². The maximum absolute atomic E-state index is 13.8. The number of sulfonamides is 1. The SMILES string of the molecule is CCNC(=O)C(C)N(Cc1ccc(C)cc1)C(=O)CN(c1ccc(C)cc1)S(=O)(=O)c1ccc(OC)cc1. The number of aryl methyl sites for hydroxylation is 2. The van der Waals surface area contributed by atoms with Crippen LogP contribution in [0, 0.1) is 13.8 Å². The molecule has 0 aliphatic carbocycles. The van der Waals surface area contributed by atoms with Crippen molar-refractivity contribution in [2.75, 3.05) is 24.5 Å². The molecule has 3 aromatic rings. The summed E-state index contributed by atoms with van der Waals surface area (Å²) in [5, 5.41) is 2.76. The molecular formula is C29H35N3O5S. The fraction of sp³-hybridized carbons (Fsp3) is 0.310. The first-order valence-corrected chi connectivity index (χ1v) is 13.9. The van der Waals surface area contributed by atoms with Crippen molar-refractivity contribution in [1.82, 2.24) is 10.2 Å². The Balaban J connectivity index is 2.01. The molecule has 202 valence electrons. The molecule has 8 nitrogen and oxygen atoms in total. The van der Waals surface area contributed by atoms with Gasteiger partial charge in [0.1, 0.15) is 18.3 Å². The predicted octanol–water partition coefficient (Wildman–Crippen LogP) is 4.06. The van der Waals surface area contributed by atoms with Crippen molar-refractivity contribution in [3.8, 4) is 5.75 Å². The van der Waals surface area contributed by atoms with E-state index >= 15 is 0 Å². The molecule has 1 atom stereocenters. The van der Waals surface area contributed by atoms with E-state index < -0.39 is 28.5 Å². The number of hydrogen-bond acceptors (Lipinski definition) is 5. The lowest BCUT2D eigenvalue weighted by atomic mass is 10.1. The molecule has 0 spiro atoms. The molecule has 0 saturated heterocycles. The Morgan fingerprint density at radius 3 is 1.97 bits per heavy atom. The van der Waals surface area contributed by atoms with Gasteiger partial charge >= 0.3 is 0 Å². The molecule has 3 aromatic carbocycles. The average Bonchev–Trinajstić information content (AvgIpc) is 2.91. The minimum Gasteiger partial charge on any atom is -0.497 e. The number of benzene rings is 3. The van der Waals surface area contributed by atoms with Crippen LogP contribution in [0.5, 0.6) is 5.75 Å². The summed E-state index contributed by atoms with van der Waals surface area (Å²) in [4.78, 5) is 28.0. The molecule has 0 bridgehead atoms. The van der Waals surface area contributed by atoms with Crippen molar-refractivity contribution in [2.24, 2.45) is 0 Å². The molecule has 9 heteroatoms. The number of carbonyl (C=O) groups is 2. The number of nitrogens with zero attached hydrogens (tertiary/aromatic N) is 2. The van der Waals surface area contributed by atoms with Gasteiger partial charge in [0.2, 0.25) is 11.8 Å². The highest BCUT2D eigenvalue weighted by Gasteiger charge is 2.32. The fourth-order valence-corrected chi connectivity index (χ4v) is 5.32. The van der Waals surface area contributed by atoms with Crippen molar-refractivity contribution in [3.05, 3.63) is 89.5 Å². The van der Waals surface area contributed by atoms with Crippen LogP contribution in [-0.4, -0.2) is 51.4 Å². The van der Waals surface area contributed by atoms with Crippen LogP contribution in [0.2, 0.25) is 0 Å². The second kappa shape index (κ2) is 12.6. The zero-order valence-electron chi connectivity index (χ0n) is 22.5. The van der Waals surface area contributed by atoms with Crippen molar-refractivity contribution in [3.63, 3.8) is 0 Å². The molecule has 0 fully saturated rings. The van der Waals surface area contributed by atoms with Gasteiger partial charge in [-0.05, 0) is 69.7 Å². The van der Waals surface area contributed by atoms with Gasteiger partial charge in [0, 0.05) is 13.1 Å². The quantitative estimate of drug-likeness (QED) is 0.398. The minimum absolute atomic E-state index is 0.0218. The molecule has 3 rings (SSSR count). The molecule has 0 radical (unpaired) electrons.